The summed E-state index contributed by atoms with van der Waals surface area (Å²) < 4.78 is 39.3. The van der Waals surface area contributed by atoms with Gasteiger partial charge in [0.05, 0.1) is 36.0 Å². The SMILES string of the molecule is N#Cc1cccc(C(C(=O)O)N2CC[C@@H](OCCCCc3ccc4c(n3)NCCC4)C2)c1C1CC1.O=C(O)C(c1c(F)cccc1C1CC1)N1CC[C@@H](OCCCCc2ccc3c(n2)NCCC3)C1.O=C(O)[C@@H](c1ccccc1C1CC1)N1CC[C@@H](OCCCc2ccc3c(n2)CCCC3)C1.O=C(O)[C@H](c1ccccc1C1CC1)N1CC[C@@H](OCCCc2ccc3c(n2)CCCC3)C1. The Bertz CT molecular complexity index is 5190. The summed E-state index contributed by atoms with van der Waals surface area (Å²) >= 11 is 0. The van der Waals surface area contributed by atoms with Crippen LogP contribution < -0.4 is 10.6 Å². The minimum Gasteiger partial charge on any atom is -0.480 e. The maximum absolute atomic E-state index is 14.8. The van der Waals surface area contributed by atoms with Gasteiger partial charge in [0.1, 0.15) is 41.6 Å². The minimum absolute atomic E-state index is 0.0101. The number of benzene rings is 4. The second-order valence-corrected chi connectivity index (χ2v) is 39.1. The summed E-state index contributed by atoms with van der Waals surface area (Å²) in [6, 6.07) is 43.7. The van der Waals surface area contributed by atoms with Gasteiger partial charge in [0, 0.05) is 132 Å². The highest BCUT2D eigenvalue weighted by molar-refractivity contribution is 5.79. The number of hydrogen-bond acceptors (Lipinski definition) is 19. The number of fused-ring (bicyclic) bond motifs is 4. The van der Waals surface area contributed by atoms with Crippen molar-refractivity contribution in [3.05, 3.63) is 246 Å². The van der Waals surface area contributed by atoms with E-state index in [0.717, 1.165) is 218 Å². The Morgan fingerprint density at radius 2 is 0.729 bits per heavy atom. The molecule has 8 atom stereocenters. The molecule has 24 heteroatoms. The van der Waals surface area contributed by atoms with Gasteiger partial charge in [0.2, 0.25) is 0 Å². The number of nitrogens with one attached hydrogen (secondary N) is 2. The number of unbranched alkanes of at least 4 members (excludes halogenated alkanes) is 2. The first-order valence-corrected chi connectivity index (χ1v) is 50.3. The molecule has 20 rings (SSSR count). The number of carbonyl (C=O) groups is 4. The smallest absolute Gasteiger partial charge is 0.325 e. The van der Waals surface area contributed by atoms with E-state index in [1.165, 1.54) is 139 Å². The molecule has 4 saturated heterocycles. The van der Waals surface area contributed by atoms with Crippen LogP contribution in [0.4, 0.5) is 16.0 Å². The average molecular weight is 1810 g/mol. The van der Waals surface area contributed by atoms with Crippen LogP contribution in [-0.2, 0) is 102 Å². The van der Waals surface area contributed by atoms with Gasteiger partial charge in [-0.15, -0.1) is 0 Å². The Morgan fingerprint density at radius 3 is 1.16 bits per heavy atom. The molecule has 6 aliphatic carbocycles. The minimum atomic E-state index is -0.986. The molecule has 6 N–H and O–H groups in total. The maximum Gasteiger partial charge on any atom is 0.325 e. The predicted molar refractivity (Wildman–Crippen MR) is 510 cm³/mol. The van der Waals surface area contributed by atoms with Gasteiger partial charge >= 0.3 is 23.9 Å². The van der Waals surface area contributed by atoms with Crippen LogP contribution in [0.1, 0.15) is 308 Å². The third-order valence-electron chi connectivity index (χ3n) is 29.2. The van der Waals surface area contributed by atoms with Crippen LogP contribution in [0.5, 0.6) is 0 Å². The number of halogens is 1. The molecule has 8 fully saturated rings. The van der Waals surface area contributed by atoms with Crippen LogP contribution in [0.15, 0.2) is 133 Å². The number of aromatic nitrogens is 4. The molecule has 10 heterocycles. The Hall–Kier alpha value is -9.94. The number of hydrogen-bond donors (Lipinski definition) is 6. The van der Waals surface area contributed by atoms with Crippen molar-refractivity contribution < 1.29 is 62.9 Å². The molecule has 2 unspecified atom stereocenters. The van der Waals surface area contributed by atoms with Crippen LogP contribution in [-0.4, -0.2) is 200 Å². The number of aliphatic carboxylic acids is 4. The van der Waals surface area contributed by atoms with Crippen molar-refractivity contribution in [2.75, 3.05) is 103 Å². The Morgan fingerprint density at radius 1 is 0.376 bits per heavy atom. The van der Waals surface area contributed by atoms with Gasteiger partial charge in [0.15, 0.2) is 0 Å². The fourth-order valence-corrected chi connectivity index (χ4v) is 21.7. The Kier molecular flexibility index (Phi) is 32.8. The summed E-state index contributed by atoms with van der Waals surface area (Å²) in [5, 5.41) is 56.5. The molecular formula is C109H136FN11O12. The fraction of sp³-hybridized carbons (Fsp3) is 0.550. The zero-order chi connectivity index (χ0) is 91.5. The molecule has 133 heavy (non-hydrogen) atoms. The van der Waals surface area contributed by atoms with Gasteiger partial charge < -0.3 is 50.0 Å². The van der Waals surface area contributed by atoms with Gasteiger partial charge in [-0.25, -0.2) is 14.4 Å². The largest absolute Gasteiger partial charge is 0.480 e. The van der Waals surface area contributed by atoms with Crippen molar-refractivity contribution in [2.45, 2.75) is 291 Å². The van der Waals surface area contributed by atoms with E-state index >= 15 is 0 Å². The summed E-state index contributed by atoms with van der Waals surface area (Å²) in [5.41, 5.74) is 20.6. The van der Waals surface area contributed by atoms with E-state index in [-0.39, 0.29) is 24.4 Å². The van der Waals surface area contributed by atoms with Crippen LogP contribution in [0, 0.1) is 17.1 Å². The lowest BCUT2D eigenvalue weighted by molar-refractivity contribution is -0.144. The molecule has 0 bridgehead atoms. The number of carboxylic acid groups (broad SMARTS) is 4. The van der Waals surface area contributed by atoms with Crippen molar-refractivity contribution in [1.29, 1.82) is 5.26 Å². The average Bonchev–Trinajstić information content (AvgIpc) is 0.925. The number of likely N-dealkylation sites (tertiary alicyclic amines) is 4. The quantitative estimate of drug-likeness (QED) is 0.0196. The van der Waals surface area contributed by atoms with E-state index < -0.39 is 53.9 Å². The number of nitriles is 1. The normalized spacial score (nSPS) is 21.4. The van der Waals surface area contributed by atoms with Crippen molar-refractivity contribution >= 4 is 35.5 Å². The van der Waals surface area contributed by atoms with Crippen molar-refractivity contribution in [1.82, 2.24) is 39.5 Å². The molecule has 0 amide bonds. The number of ether oxygens (including phenoxy) is 4. The molecule has 8 aromatic rings. The first-order valence-electron chi connectivity index (χ1n) is 50.3. The number of pyridine rings is 4. The highest BCUT2D eigenvalue weighted by Gasteiger charge is 2.44. The van der Waals surface area contributed by atoms with Crippen molar-refractivity contribution in [3.63, 3.8) is 0 Å². The molecule has 23 nitrogen and oxygen atoms in total. The summed E-state index contributed by atoms with van der Waals surface area (Å²) in [6.45, 7) is 10.1. The number of anilines is 2. The van der Waals surface area contributed by atoms with E-state index in [4.69, 9.17) is 38.9 Å². The summed E-state index contributed by atoms with van der Waals surface area (Å²) in [6.07, 6.45) is 36.2. The first-order chi connectivity index (χ1) is 65.1. The molecule has 4 saturated carbocycles. The lowest BCUT2D eigenvalue weighted by Gasteiger charge is -2.27. The Balaban J connectivity index is 0.000000124. The van der Waals surface area contributed by atoms with Crippen LogP contribution in [0.3, 0.4) is 0 Å². The molecule has 706 valence electrons. The summed E-state index contributed by atoms with van der Waals surface area (Å²) in [4.78, 5) is 76.3. The van der Waals surface area contributed by atoms with Gasteiger partial charge in [0.25, 0.3) is 0 Å². The van der Waals surface area contributed by atoms with Crippen molar-refractivity contribution in [2.24, 2.45) is 0 Å². The molecule has 4 aromatic carbocycles. The van der Waals surface area contributed by atoms with Crippen LogP contribution in [0.2, 0.25) is 0 Å². The molecule has 6 aliphatic heterocycles. The second-order valence-electron chi connectivity index (χ2n) is 39.1. The topological polar surface area (TPSA) is 298 Å². The first kappa shape index (κ1) is 94.8. The van der Waals surface area contributed by atoms with Crippen molar-refractivity contribution in [3.8, 4) is 6.07 Å². The number of rotatable bonds is 38. The van der Waals surface area contributed by atoms with E-state index in [0.29, 0.717) is 100 Å². The molecule has 0 radical (unpaired) electrons. The lowest BCUT2D eigenvalue weighted by atomic mass is 9.92. The summed E-state index contributed by atoms with van der Waals surface area (Å²) in [5.74, 6) is 0.0315. The highest BCUT2D eigenvalue weighted by Crippen LogP contribution is 2.49. The van der Waals surface area contributed by atoms with Gasteiger partial charge in [-0.1, -0.05) is 97.1 Å². The second kappa shape index (κ2) is 46.1. The predicted octanol–water partition coefficient (Wildman–Crippen LogP) is 18.5. The van der Waals surface area contributed by atoms with Gasteiger partial charge in [-0.3, -0.25) is 48.7 Å². The lowest BCUT2D eigenvalue weighted by Crippen LogP contribution is -2.34. The van der Waals surface area contributed by atoms with E-state index in [2.05, 4.69) is 87.2 Å². The molecule has 0 spiro atoms. The molecule has 12 aliphatic rings. The van der Waals surface area contributed by atoms with Gasteiger partial charge in [-0.2, -0.15) is 5.26 Å². The van der Waals surface area contributed by atoms with Crippen LogP contribution >= 0.6 is 0 Å². The third kappa shape index (κ3) is 25.2. The third-order valence-corrected chi connectivity index (χ3v) is 29.2. The van der Waals surface area contributed by atoms with Gasteiger partial charge in [-0.05, 0) is 340 Å². The van der Waals surface area contributed by atoms with Crippen LogP contribution in [0.25, 0.3) is 0 Å². The summed E-state index contributed by atoms with van der Waals surface area (Å²) in [7, 11) is 0. The van der Waals surface area contributed by atoms with E-state index in [1.54, 1.807) is 6.07 Å². The number of nitrogens with zero attached hydrogens (tertiary/aromatic N) is 9. The van der Waals surface area contributed by atoms with E-state index in [1.807, 2.05) is 70.5 Å². The maximum atomic E-state index is 14.8. The monoisotopic (exact) mass is 1810 g/mol. The Labute approximate surface area is 783 Å². The highest BCUT2D eigenvalue weighted by atomic mass is 19.1. The number of carboxylic acids is 4. The molecular weight excluding hydrogens is 1670 g/mol. The molecule has 4 aromatic heterocycles. The fourth-order valence-electron chi connectivity index (χ4n) is 21.7. The zero-order valence-corrected chi connectivity index (χ0v) is 77.5. The number of aryl methyl sites for hydroxylation is 10. The van der Waals surface area contributed by atoms with E-state index in [9.17, 15) is 49.3 Å². The standard InChI is InChI=1S/C28H34N4O3.C27H34FN3O3.2C27H34N2O3/c29-17-21-5-3-8-24(25(21)19-9-10-19)26(28(33)34)32-15-13-23(18-32)35-16-2-1-7-22-12-11-20-6-4-14-30-27(20)31-22;28-23-8-3-7-22(18-9-10-18)24(23)25(27(32)33)31-15-13-21(17-31)34-16-2-1-6-20-12-11-19-5-4-14-29-26(19)30-20;2*30-27(31)26(24-9-3-2-8-23(24)19-11-12-19)29-16-15-22(18-29)32-17-5-7-21-14-13-20-6-1-4-10-25(20)28-21/h3,5,8,11-12,19,23,26H,1-2,4,6-7,9-10,13-16,18H2,(H,30,31)(H,33,34);3,7-8,11-12,18,21,25H,1-2,4-6,9-10,13-17H2,(H,29,30)(H,32,33);2*2-3,8-9,13-14,19,22,26H,1,4-7,10-12,15-18H2,(H,30,31)/t23-,26?;21-,25?;22-,26+;22-,26-/m1111/s1. The zero-order valence-electron chi connectivity index (χ0n) is 77.5.